The summed E-state index contributed by atoms with van der Waals surface area (Å²) in [5.41, 5.74) is 1.27. The lowest BCUT2D eigenvalue weighted by molar-refractivity contribution is 0.0384. The SMILES string of the molecule is c1ccc2c(CNCCN3CCOCC3)cncc2c1. The van der Waals surface area contributed by atoms with Crippen LogP contribution in [0.15, 0.2) is 36.7 Å². The summed E-state index contributed by atoms with van der Waals surface area (Å²) in [6.07, 6.45) is 3.89. The van der Waals surface area contributed by atoms with Crippen molar-refractivity contribution >= 4 is 10.8 Å². The van der Waals surface area contributed by atoms with Gasteiger partial charge in [0, 0.05) is 50.5 Å². The Kier molecular flexibility index (Phi) is 4.58. The average Bonchev–Trinajstić information content (AvgIpc) is 2.53. The summed E-state index contributed by atoms with van der Waals surface area (Å²) < 4.78 is 5.35. The van der Waals surface area contributed by atoms with Gasteiger partial charge in [0.1, 0.15) is 0 Å². The molecule has 1 saturated heterocycles. The lowest BCUT2D eigenvalue weighted by Gasteiger charge is -2.26. The molecule has 0 spiro atoms. The summed E-state index contributed by atoms with van der Waals surface area (Å²) in [6.45, 7) is 6.80. The molecule has 0 aliphatic carbocycles. The summed E-state index contributed by atoms with van der Waals surface area (Å²) >= 11 is 0. The van der Waals surface area contributed by atoms with Crippen LogP contribution in [-0.4, -0.2) is 49.3 Å². The summed E-state index contributed by atoms with van der Waals surface area (Å²) in [5, 5.41) is 6.02. The molecule has 1 fully saturated rings. The fraction of sp³-hybridized carbons (Fsp3) is 0.438. The number of aromatic nitrogens is 1. The third-order valence-electron chi connectivity index (χ3n) is 3.77. The van der Waals surface area contributed by atoms with Crippen LogP contribution >= 0.6 is 0 Å². The molecule has 0 unspecified atom stereocenters. The second-order valence-electron chi connectivity index (χ2n) is 5.15. The van der Waals surface area contributed by atoms with Gasteiger partial charge in [-0.2, -0.15) is 0 Å². The summed E-state index contributed by atoms with van der Waals surface area (Å²) in [4.78, 5) is 6.76. The topological polar surface area (TPSA) is 37.4 Å². The van der Waals surface area contributed by atoms with Crippen molar-refractivity contribution in [3.05, 3.63) is 42.2 Å². The zero-order valence-corrected chi connectivity index (χ0v) is 11.7. The second kappa shape index (κ2) is 6.79. The Morgan fingerprint density at radius 3 is 2.90 bits per heavy atom. The molecular weight excluding hydrogens is 250 g/mol. The molecule has 0 atom stereocenters. The zero-order chi connectivity index (χ0) is 13.6. The molecule has 20 heavy (non-hydrogen) atoms. The first-order chi connectivity index (χ1) is 9.93. The first-order valence-corrected chi connectivity index (χ1v) is 7.26. The molecule has 0 bridgehead atoms. The molecule has 0 saturated carbocycles. The standard InChI is InChI=1S/C16H21N3O/c1-2-4-16-14(3-1)11-18-13-15(16)12-17-5-6-19-7-9-20-10-8-19/h1-4,11,13,17H,5-10,12H2. The van der Waals surface area contributed by atoms with Crippen LogP contribution in [0, 0.1) is 0 Å². The van der Waals surface area contributed by atoms with Gasteiger partial charge >= 0.3 is 0 Å². The van der Waals surface area contributed by atoms with Crippen LogP contribution in [0.4, 0.5) is 0 Å². The van der Waals surface area contributed by atoms with Crippen LogP contribution in [0.3, 0.4) is 0 Å². The van der Waals surface area contributed by atoms with Crippen LogP contribution in [0.5, 0.6) is 0 Å². The van der Waals surface area contributed by atoms with Gasteiger partial charge in [-0.3, -0.25) is 9.88 Å². The molecule has 2 heterocycles. The van der Waals surface area contributed by atoms with Crippen molar-refractivity contribution in [3.8, 4) is 0 Å². The highest BCUT2D eigenvalue weighted by atomic mass is 16.5. The fourth-order valence-corrected chi connectivity index (χ4v) is 2.60. The third-order valence-corrected chi connectivity index (χ3v) is 3.77. The average molecular weight is 271 g/mol. The summed E-state index contributed by atoms with van der Waals surface area (Å²) in [7, 11) is 0. The number of nitrogens with zero attached hydrogens (tertiary/aromatic N) is 2. The maximum Gasteiger partial charge on any atom is 0.0594 e. The summed E-state index contributed by atoms with van der Waals surface area (Å²) in [6, 6.07) is 8.41. The fourth-order valence-electron chi connectivity index (χ4n) is 2.60. The van der Waals surface area contributed by atoms with Gasteiger partial charge in [0.25, 0.3) is 0 Å². The van der Waals surface area contributed by atoms with Crippen LogP contribution in [0.2, 0.25) is 0 Å². The number of rotatable bonds is 5. The minimum Gasteiger partial charge on any atom is -0.379 e. The number of fused-ring (bicyclic) bond motifs is 1. The van der Waals surface area contributed by atoms with Gasteiger partial charge < -0.3 is 10.1 Å². The van der Waals surface area contributed by atoms with E-state index in [0.29, 0.717) is 0 Å². The zero-order valence-electron chi connectivity index (χ0n) is 11.7. The molecule has 2 aromatic rings. The number of morpholine rings is 1. The first-order valence-electron chi connectivity index (χ1n) is 7.26. The van der Waals surface area contributed by atoms with E-state index in [1.807, 2.05) is 12.4 Å². The van der Waals surface area contributed by atoms with Gasteiger partial charge in [0.2, 0.25) is 0 Å². The lowest BCUT2D eigenvalue weighted by Crippen LogP contribution is -2.40. The molecule has 1 aromatic carbocycles. The Labute approximate surface area is 119 Å². The van der Waals surface area contributed by atoms with E-state index in [1.165, 1.54) is 16.3 Å². The van der Waals surface area contributed by atoms with Crippen LogP contribution in [-0.2, 0) is 11.3 Å². The normalized spacial score (nSPS) is 16.6. The number of benzene rings is 1. The predicted molar refractivity (Wildman–Crippen MR) is 80.7 cm³/mol. The molecule has 1 N–H and O–H groups in total. The van der Waals surface area contributed by atoms with E-state index in [-0.39, 0.29) is 0 Å². The van der Waals surface area contributed by atoms with E-state index < -0.39 is 0 Å². The first kappa shape index (κ1) is 13.5. The van der Waals surface area contributed by atoms with E-state index in [9.17, 15) is 0 Å². The minimum atomic E-state index is 0.868. The number of hydrogen-bond acceptors (Lipinski definition) is 4. The Balaban J connectivity index is 1.52. The number of pyridine rings is 1. The molecule has 1 aliphatic heterocycles. The van der Waals surface area contributed by atoms with Gasteiger partial charge in [0.15, 0.2) is 0 Å². The Bertz CT molecular complexity index is 547. The summed E-state index contributed by atoms with van der Waals surface area (Å²) in [5.74, 6) is 0. The van der Waals surface area contributed by atoms with Crippen LogP contribution in [0.25, 0.3) is 10.8 Å². The molecule has 4 heteroatoms. The van der Waals surface area contributed by atoms with Crippen molar-refractivity contribution in [1.29, 1.82) is 0 Å². The van der Waals surface area contributed by atoms with E-state index in [2.05, 4.69) is 39.5 Å². The third kappa shape index (κ3) is 3.33. The molecule has 1 aromatic heterocycles. The number of ether oxygens (including phenoxy) is 1. The predicted octanol–water partition coefficient (Wildman–Crippen LogP) is 1.66. The van der Waals surface area contributed by atoms with Crippen molar-refractivity contribution in [1.82, 2.24) is 15.2 Å². The molecule has 0 amide bonds. The highest BCUT2D eigenvalue weighted by molar-refractivity contribution is 5.84. The van der Waals surface area contributed by atoms with Gasteiger partial charge in [-0.15, -0.1) is 0 Å². The molecule has 3 rings (SSSR count). The lowest BCUT2D eigenvalue weighted by atomic mass is 10.1. The van der Waals surface area contributed by atoms with Gasteiger partial charge in [-0.1, -0.05) is 24.3 Å². The van der Waals surface area contributed by atoms with Gasteiger partial charge in [-0.05, 0) is 10.9 Å². The van der Waals surface area contributed by atoms with E-state index in [4.69, 9.17) is 4.74 Å². The van der Waals surface area contributed by atoms with Gasteiger partial charge in [0.05, 0.1) is 13.2 Å². The molecule has 1 aliphatic rings. The van der Waals surface area contributed by atoms with Crippen molar-refractivity contribution in [2.75, 3.05) is 39.4 Å². The van der Waals surface area contributed by atoms with E-state index >= 15 is 0 Å². The number of hydrogen-bond donors (Lipinski definition) is 1. The Morgan fingerprint density at radius 1 is 1.15 bits per heavy atom. The smallest absolute Gasteiger partial charge is 0.0594 e. The highest BCUT2D eigenvalue weighted by Crippen LogP contribution is 2.16. The Morgan fingerprint density at radius 2 is 2.00 bits per heavy atom. The van der Waals surface area contributed by atoms with Crippen molar-refractivity contribution in [2.45, 2.75) is 6.54 Å². The molecule has 106 valence electrons. The van der Waals surface area contributed by atoms with E-state index in [1.54, 1.807) is 0 Å². The van der Waals surface area contributed by atoms with Crippen molar-refractivity contribution in [3.63, 3.8) is 0 Å². The molecule has 4 nitrogen and oxygen atoms in total. The maximum absolute atomic E-state index is 5.35. The van der Waals surface area contributed by atoms with Crippen molar-refractivity contribution in [2.24, 2.45) is 0 Å². The Hall–Kier alpha value is -1.49. The van der Waals surface area contributed by atoms with Crippen LogP contribution < -0.4 is 5.32 Å². The van der Waals surface area contributed by atoms with Gasteiger partial charge in [-0.25, -0.2) is 0 Å². The minimum absolute atomic E-state index is 0.868. The quantitative estimate of drug-likeness (QED) is 0.839. The molecular formula is C16H21N3O. The monoisotopic (exact) mass is 271 g/mol. The molecule has 0 radical (unpaired) electrons. The second-order valence-corrected chi connectivity index (χ2v) is 5.15. The van der Waals surface area contributed by atoms with Crippen LogP contribution in [0.1, 0.15) is 5.56 Å². The highest BCUT2D eigenvalue weighted by Gasteiger charge is 2.09. The van der Waals surface area contributed by atoms with E-state index in [0.717, 1.165) is 45.9 Å². The van der Waals surface area contributed by atoms with Crippen molar-refractivity contribution < 1.29 is 4.74 Å². The largest absolute Gasteiger partial charge is 0.379 e. The number of nitrogens with one attached hydrogen (secondary N) is 1. The maximum atomic E-state index is 5.35.